The summed E-state index contributed by atoms with van der Waals surface area (Å²) in [5, 5.41) is 9.95. The molecule has 0 aromatic heterocycles. The molecule has 198 valence electrons. The number of carboxylic acid groups (broad SMARTS) is 1. The van der Waals surface area contributed by atoms with Crippen LogP contribution >= 0.6 is 0 Å². The predicted octanol–water partition coefficient (Wildman–Crippen LogP) is 6.78. The fourth-order valence-corrected chi connectivity index (χ4v) is 5.26. The van der Waals surface area contributed by atoms with Gasteiger partial charge in [-0.05, 0) is 38.0 Å². The number of amides is 1. The van der Waals surface area contributed by atoms with Crippen molar-refractivity contribution in [2.75, 3.05) is 0 Å². The van der Waals surface area contributed by atoms with Crippen molar-refractivity contribution in [1.82, 2.24) is 0 Å². The first-order chi connectivity index (χ1) is 16.4. The molecule has 1 unspecified atom stereocenters. The number of rotatable bonds is 23. The highest BCUT2D eigenvalue weighted by Crippen LogP contribution is 2.37. The average Bonchev–Trinajstić information content (AvgIpc) is 2.79. The highest BCUT2D eigenvalue weighted by atomic mass is 16.6. The SMILES string of the molecule is CCCCCCCCCCCC(C[C@@H]1OC(=O)[C@H]1CCCCCC)[C@H](CCCC(N)=O)C(=O)O. The molecule has 0 radical (unpaired) electrons. The van der Waals surface area contributed by atoms with Crippen LogP contribution in [-0.4, -0.2) is 29.1 Å². The van der Waals surface area contributed by atoms with Crippen molar-refractivity contribution in [3.63, 3.8) is 0 Å². The first kappa shape index (κ1) is 30.4. The van der Waals surface area contributed by atoms with Crippen LogP contribution in [0.3, 0.4) is 0 Å². The number of unbranched alkanes of at least 4 members (excludes halogenated alkanes) is 11. The maximum Gasteiger partial charge on any atom is 0.313 e. The average molecular weight is 482 g/mol. The molecule has 1 rings (SSSR count). The number of carbonyl (C=O) groups excluding carboxylic acids is 2. The van der Waals surface area contributed by atoms with Gasteiger partial charge in [-0.3, -0.25) is 14.4 Å². The Hall–Kier alpha value is -1.59. The van der Waals surface area contributed by atoms with Gasteiger partial charge in [0.05, 0.1) is 11.8 Å². The molecule has 1 heterocycles. The first-order valence-electron chi connectivity index (χ1n) is 14.1. The summed E-state index contributed by atoms with van der Waals surface area (Å²) in [4.78, 5) is 35.4. The zero-order chi connectivity index (χ0) is 25.2. The van der Waals surface area contributed by atoms with E-state index < -0.39 is 11.9 Å². The van der Waals surface area contributed by atoms with E-state index in [4.69, 9.17) is 10.5 Å². The maximum atomic E-state index is 12.1. The number of primary amides is 1. The molecule has 0 spiro atoms. The highest BCUT2D eigenvalue weighted by molar-refractivity contribution is 5.78. The van der Waals surface area contributed by atoms with Crippen LogP contribution in [0, 0.1) is 17.8 Å². The molecule has 0 aliphatic carbocycles. The summed E-state index contributed by atoms with van der Waals surface area (Å²) in [7, 11) is 0. The minimum absolute atomic E-state index is 0.0360. The van der Waals surface area contributed by atoms with E-state index in [2.05, 4.69) is 13.8 Å². The quantitative estimate of drug-likeness (QED) is 0.123. The van der Waals surface area contributed by atoms with Crippen LogP contribution in [0.5, 0.6) is 0 Å². The molecule has 1 aliphatic rings. The van der Waals surface area contributed by atoms with E-state index >= 15 is 0 Å². The number of hydrogen-bond acceptors (Lipinski definition) is 4. The van der Waals surface area contributed by atoms with Crippen LogP contribution in [0.1, 0.15) is 136 Å². The Morgan fingerprint density at radius 2 is 1.41 bits per heavy atom. The largest absolute Gasteiger partial charge is 0.481 e. The Kier molecular flexibility index (Phi) is 16.7. The molecule has 1 fully saturated rings. The Balaban J connectivity index is 2.59. The number of aliphatic carboxylic acids is 1. The molecule has 0 aromatic rings. The molecule has 3 N–H and O–H groups in total. The summed E-state index contributed by atoms with van der Waals surface area (Å²) in [5.41, 5.74) is 5.26. The summed E-state index contributed by atoms with van der Waals surface area (Å²) >= 11 is 0. The van der Waals surface area contributed by atoms with Crippen molar-refractivity contribution in [1.29, 1.82) is 0 Å². The Morgan fingerprint density at radius 3 is 1.94 bits per heavy atom. The van der Waals surface area contributed by atoms with E-state index in [1.165, 1.54) is 51.4 Å². The second-order valence-electron chi connectivity index (χ2n) is 10.3. The van der Waals surface area contributed by atoms with Gasteiger partial charge in [0.25, 0.3) is 0 Å². The summed E-state index contributed by atoms with van der Waals surface area (Å²) in [5.74, 6) is -1.96. The number of hydrogen-bond donors (Lipinski definition) is 2. The molecule has 0 bridgehead atoms. The van der Waals surface area contributed by atoms with E-state index in [1.807, 2.05) is 0 Å². The fraction of sp³-hybridized carbons (Fsp3) is 0.893. The summed E-state index contributed by atoms with van der Waals surface area (Å²) in [6.07, 6.45) is 18.8. The van der Waals surface area contributed by atoms with Gasteiger partial charge in [0.15, 0.2) is 0 Å². The van der Waals surface area contributed by atoms with Gasteiger partial charge in [0.2, 0.25) is 5.91 Å². The first-order valence-corrected chi connectivity index (χ1v) is 14.1. The van der Waals surface area contributed by atoms with E-state index in [0.29, 0.717) is 19.3 Å². The van der Waals surface area contributed by atoms with Crippen molar-refractivity contribution >= 4 is 17.8 Å². The molecule has 6 heteroatoms. The lowest BCUT2D eigenvalue weighted by atomic mass is 9.76. The predicted molar refractivity (Wildman–Crippen MR) is 136 cm³/mol. The van der Waals surface area contributed by atoms with Gasteiger partial charge in [-0.1, -0.05) is 97.3 Å². The van der Waals surface area contributed by atoms with Gasteiger partial charge in [-0.25, -0.2) is 0 Å². The molecule has 1 saturated heterocycles. The Labute approximate surface area is 207 Å². The lowest BCUT2D eigenvalue weighted by molar-refractivity contribution is -0.188. The van der Waals surface area contributed by atoms with Gasteiger partial charge in [0.1, 0.15) is 6.10 Å². The second-order valence-corrected chi connectivity index (χ2v) is 10.3. The Bertz CT molecular complexity index is 579. The number of esters is 1. The third kappa shape index (κ3) is 12.8. The van der Waals surface area contributed by atoms with Crippen LogP contribution in [-0.2, 0) is 19.1 Å². The lowest BCUT2D eigenvalue weighted by Crippen LogP contribution is -2.47. The fourth-order valence-electron chi connectivity index (χ4n) is 5.26. The number of ether oxygens (including phenoxy) is 1. The monoisotopic (exact) mass is 481 g/mol. The molecule has 1 amide bonds. The van der Waals surface area contributed by atoms with Crippen LogP contribution < -0.4 is 5.73 Å². The molecule has 4 atom stereocenters. The van der Waals surface area contributed by atoms with Gasteiger partial charge in [-0.15, -0.1) is 0 Å². The molecule has 6 nitrogen and oxygen atoms in total. The van der Waals surface area contributed by atoms with Gasteiger partial charge < -0.3 is 15.6 Å². The van der Waals surface area contributed by atoms with E-state index in [0.717, 1.165) is 44.9 Å². The van der Waals surface area contributed by atoms with Crippen LogP contribution in [0.2, 0.25) is 0 Å². The van der Waals surface area contributed by atoms with Crippen molar-refractivity contribution in [3.8, 4) is 0 Å². The Morgan fingerprint density at radius 1 is 0.853 bits per heavy atom. The number of carboxylic acids is 1. The van der Waals surface area contributed by atoms with Crippen LogP contribution in [0.25, 0.3) is 0 Å². The minimum atomic E-state index is -0.810. The van der Waals surface area contributed by atoms with Gasteiger partial charge in [0, 0.05) is 6.42 Å². The highest BCUT2D eigenvalue weighted by Gasteiger charge is 2.44. The molecule has 34 heavy (non-hydrogen) atoms. The minimum Gasteiger partial charge on any atom is -0.481 e. The lowest BCUT2D eigenvalue weighted by Gasteiger charge is -2.38. The van der Waals surface area contributed by atoms with Crippen LogP contribution in [0.15, 0.2) is 0 Å². The summed E-state index contributed by atoms with van der Waals surface area (Å²) in [6, 6.07) is 0. The standard InChI is InChI=1S/C28H51NO5/c1-3-5-7-9-10-11-12-13-14-17-22(23(27(31)32)19-16-20-26(29)30)21-25-24(28(33)34-25)18-15-8-6-4-2/h22-25H,3-21H2,1-2H3,(H2,29,30)(H,31,32)/t22?,23-,24-,25-/m0/s1. The number of nitrogens with two attached hydrogens (primary N) is 1. The van der Waals surface area contributed by atoms with E-state index in [9.17, 15) is 19.5 Å². The summed E-state index contributed by atoms with van der Waals surface area (Å²) < 4.78 is 5.50. The normalized spacial score (nSPS) is 19.3. The third-order valence-electron chi connectivity index (χ3n) is 7.43. The number of cyclic esters (lactones) is 1. The van der Waals surface area contributed by atoms with Crippen molar-refractivity contribution in [2.45, 2.75) is 142 Å². The van der Waals surface area contributed by atoms with Gasteiger partial charge in [-0.2, -0.15) is 0 Å². The smallest absolute Gasteiger partial charge is 0.313 e. The van der Waals surface area contributed by atoms with E-state index in [1.54, 1.807) is 0 Å². The number of carbonyl (C=O) groups is 3. The zero-order valence-corrected chi connectivity index (χ0v) is 21.9. The second kappa shape index (κ2) is 18.7. The van der Waals surface area contributed by atoms with Crippen molar-refractivity contribution < 1.29 is 24.2 Å². The molecular weight excluding hydrogens is 430 g/mol. The molecule has 0 saturated carbocycles. The summed E-state index contributed by atoms with van der Waals surface area (Å²) in [6.45, 7) is 4.40. The maximum absolute atomic E-state index is 12.1. The third-order valence-corrected chi connectivity index (χ3v) is 7.43. The molecule has 0 aromatic carbocycles. The van der Waals surface area contributed by atoms with Gasteiger partial charge >= 0.3 is 11.9 Å². The van der Waals surface area contributed by atoms with Crippen LogP contribution in [0.4, 0.5) is 0 Å². The van der Waals surface area contributed by atoms with Crippen molar-refractivity contribution in [3.05, 3.63) is 0 Å². The van der Waals surface area contributed by atoms with E-state index in [-0.39, 0.29) is 36.2 Å². The molecule has 1 aliphatic heterocycles. The molecular formula is C28H51NO5. The zero-order valence-electron chi connectivity index (χ0n) is 21.9. The van der Waals surface area contributed by atoms with Crippen molar-refractivity contribution in [2.24, 2.45) is 23.5 Å². The topological polar surface area (TPSA) is 107 Å².